The van der Waals surface area contributed by atoms with Crippen LogP contribution in [0.3, 0.4) is 0 Å². The molecule has 0 unspecified atom stereocenters. The summed E-state index contributed by atoms with van der Waals surface area (Å²) in [5, 5.41) is 14.6. The highest BCUT2D eigenvalue weighted by molar-refractivity contribution is 7.08. The van der Waals surface area contributed by atoms with E-state index in [9.17, 15) is 4.79 Å². The van der Waals surface area contributed by atoms with Gasteiger partial charge in [0.15, 0.2) is 17.2 Å². The standard InChI is InChI=1S/C28H18N8OS/c37-28(16-4-2-1-3-5-16)31-19-12-18(13-29-14-19)21-6-7-22-24(32-21)25(36-35-22)27-33-23-20(17-9-11-38-15-17)8-10-30-26(23)34-27/h1-15H,(H,31,37)(H,35,36)(H,30,33,34). The fraction of sp³-hybridized carbons (Fsp3) is 0. The quantitative estimate of drug-likeness (QED) is 0.261. The Morgan fingerprint density at radius 1 is 0.921 bits per heavy atom. The first kappa shape index (κ1) is 22.0. The molecule has 182 valence electrons. The number of nitrogens with one attached hydrogen (secondary N) is 3. The maximum absolute atomic E-state index is 12.6. The molecule has 6 heterocycles. The van der Waals surface area contributed by atoms with E-state index < -0.39 is 0 Å². The smallest absolute Gasteiger partial charge is 0.255 e. The minimum absolute atomic E-state index is 0.203. The summed E-state index contributed by atoms with van der Waals surface area (Å²) in [4.78, 5) is 34.4. The van der Waals surface area contributed by atoms with Crippen molar-refractivity contribution in [2.45, 2.75) is 0 Å². The highest BCUT2D eigenvalue weighted by Crippen LogP contribution is 2.32. The second-order valence-electron chi connectivity index (χ2n) is 8.60. The van der Waals surface area contributed by atoms with Gasteiger partial charge >= 0.3 is 0 Å². The number of carbonyl (C=O) groups excluding carboxylic acids is 1. The maximum atomic E-state index is 12.6. The minimum atomic E-state index is -0.203. The molecule has 0 fully saturated rings. The van der Waals surface area contributed by atoms with Crippen LogP contribution in [0, 0.1) is 0 Å². The van der Waals surface area contributed by atoms with E-state index in [1.165, 1.54) is 0 Å². The zero-order chi connectivity index (χ0) is 25.5. The zero-order valence-corrected chi connectivity index (χ0v) is 20.5. The van der Waals surface area contributed by atoms with E-state index in [2.05, 4.69) is 41.9 Å². The van der Waals surface area contributed by atoms with Crippen LogP contribution in [0.25, 0.3) is 56.1 Å². The molecule has 7 aromatic rings. The van der Waals surface area contributed by atoms with Crippen molar-refractivity contribution in [3.8, 4) is 33.9 Å². The summed E-state index contributed by atoms with van der Waals surface area (Å²) in [5.74, 6) is 0.374. The van der Waals surface area contributed by atoms with Crippen LogP contribution >= 0.6 is 11.3 Å². The first-order chi connectivity index (χ1) is 18.7. The summed E-state index contributed by atoms with van der Waals surface area (Å²) in [5.41, 5.74) is 8.20. The van der Waals surface area contributed by atoms with Crippen LogP contribution in [0.5, 0.6) is 0 Å². The maximum Gasteiger partial charge on any atom is 0.255 e. The van der Waals surface area contributed by atoms with Gasteiger partial charge in [0.25, 0.3) is 5.91 Å². The molecule has 1 amide bonds. The number of rotatable bonds is 5. The van der Waals surface area contributed by atoms with Gasteiger partial charge < -0.3 is 10.3 Å². The predicted octanol–water partition coefficient (Wildman–Crippen LogP) is 5.94. The lowest BCUT2D eigenvalue weighted by Crippen LogP contribution is -2.11. The highest BCUT2D eigenvalue weighted by atomic mass is 32.1. The molecule has 6 aromatic heterocycles. The Morgan fingerprint density at radius 3 is 2.71 bits per heavy atom. The molecule has 3 N–H and O–H groups in total. The number of carbonyl (C=O) groups is 1. The van der Waals surface area contributed by atoms with Gasteiger partial charge in [-0.15, -0.1) is 0 Å². The normalized spacial score (nSPS) is 11.3. The summed E-state index contributed by atoms with van der Waals surface area (Å²) in [6, 6.07) is 18.7. The van der Waals surface area contributed by atoms with Gasteiger partial charge in [0.05, 0.1) is 23.1 Å². The summed E-state index contributed by atoms with van der Waals surface area (Å²) in [6.45, 7) is 0. The van der Waals surface area contributed by atoms with Crippen molar-refractivity contribution in [2.24, 2.45) is 0 Å². The lowest BCUT2D eigenvalue weighted by atomic mass is 10.1. The largest absolute Gasteiger partial charge is 0.321 e. The fourth-order valence-corrected chi connectivity index (χ4v) is 5.00. The van der Waals surface area contributed by atoms with Crippen LogP contribution in [0.1, 0.15) is 10.4 Å². The van der Waals surface area contributed by atoms with E-state index in [1.807, 2.05) is 47.8 Å². The second kappa shape index (κ2) is 9.02. The molecular weight excluding hydrogens is 496 g/mol. The van der Waals surface area contributed by atoms with E-state index in [4.69, 9.17) is 9.97 Å². The minimum Gasteiger partial charge on any atom is -0.321 e. The number of benzene rings is 1. The first-order valence-electron chi connectivity index (χ1n) is 11.8. The van der Waals surface area contributed by atoms with Crippen LogP contribution in [0.15, 0.2) is 90.0 Å². The third kappa shape index (κ3) is 3.89. The van der Waals surface area contributed by atoms with Crippen LogP contribution in [0.2, 0.25) is 0 Å². The molecule has 0 aliphatic rings. The number of hydrogen-bond donors (Lipinski definition) is 3. The van der Waals surface area contributed by atoms with Crippen molar-refractivity contribution in [1.82, 2.24) is 35.1 Å². The zero-order valence-electron chi connectivity index (χ0n) is 19.7. The van der Waals surface area contributed by atoms with Crippen molar-refractivity contribution in [3.05, 3.63) is 95.6 Å². The number of nitrogens with zero attached hydrogens (tertiary/aromatic N) is 5. The Labute approximate surface area is 219 Å². The van der Waals surface area contributed by atoms with Gasteiger partial charge in [-0.1, -0.05) is 18.2 Å². The number of aromatic amines is 2. The fourth-order valence-electron chi connectivity index (χ4n) is 4.34. The van der Waals surface area contributed by atoms with Crippen molar-refractivity contribution in [3.63, 3.8) is 0 Å². The molecule has 0 aliphatic carbocycles. The number of hydrogen-bond acceptors (Lipinski definition) is 7. The number of aromatic nitrogens is 7. The Kier molecular flexibility index (Phi) is 5.22. The predicted molar refractivity (Wildman–Crippen MR) is 148 cm³/mol. The molecule has 0 saturated carbocycles. The van der Waals surface area contributed by atoms with Crippen molar-refractivity contribution < 1.29 is 4.79 Å². The van der Waals surface area contributed by atoms with Gasteiger partial charge in [-0.05, 0) is 58.8 Å². The third-order valence-corrected chi connectivity index (χ3v) is 6.86. The summed E-state index contributed by atoms with van der Waals surface area (Å²) >= 11 is 1.64. The number of fused-ring (bicyclic) bond motifs is 2. The van der Waals surface area contributed by atoms with Gasteiger partial charge in [-0.2, -0.15) is 16.4 Å². The second-order valence-corrected chi connectivity index (χ2v) is 9.38. The Hall–Kier alpha value is -5.22. The molecule has 0 bridgehead atoms. The van der Waals surface area contributed by atoms with E-state index in [1.54, 1.807) is 42.1 Å². The lowest BCUT2D eigenvalue weighted by molar-refractivity contribution is 0.102. The van der Waals surface area contributed by atoms with Gasteiger partial charge in [-0.3, -0.25) is 14.9 Å². The van der Waals surface area contributed by atoms with Crippen LogP contribution in [0.4, 0.5) is 5.69 Å². The molecular formula is C28H18N8OS. The van der Waals surface area contributed by atoms with Gasteiger partial charge in [0.2, 0.25) is 0 Å². The Morgan fingerprint density at radius 2 is 1.84 bits per heavy atom. The molecule has 38 heavy (non-hydrogen) atoms. The number of H-pyrrole nitrogens is 2. The average molecular weight is 515 g/mol. The first-order valence-corrected chi connectivity index (χ1v) is 12.7. The molecule has 0 aliphatic heterocycles. The number of anilines is 1. The molecule has 9 nitrogen and oxygen atoms in total. The summed E-state index contributed by atoms with van der Waals surface area (Å²) < 4.78 is 0. The van der Waals surface area contributed by atoms with E-state index in [0.717, 1.165) is 27.7 Å². The lowest BCUT2D eigenvalue weighted by Gasteiger charge is -2.07. The van der Waals surface area contributed by atoms with Crippen molar-refractivity contribution >= 4 is 45.1 Å². The van der Waals surface area contributed by atoms with Gasteiger partial charge in [0, 0.05) is 29.1 Å². The van der Waals surface area contributed by atoms with Crippen LogP contribution in [-0.4, -0.2) is 41.0 Å². The van der Waals surface area contributed by atoms with Crippen molar-refractivity contribution in [2.75, 3.05) is 5.32 Å². The number of thiophene rings is 1. The third-order valence-electron chi connectivity index (χ3n) is 6.18. The molecule has 1 aromatic carbocycles. The summed E-state index contributed by atoms with van der Waals surface area (Å²) in [7, 11) is 0. The van der Waals surface area contributed by atoms with Gasteiger partial charge in [0.1, 0.15) is 11.0 Å². The average Bonchev–Trinajstić information content (AvgIpc) is 3.73. The molecule has 0 spiro atoms. The number of pyridine rings is 3. The van der Waals surface area contributed by atoms with E-state index >= 15 is 0 Å². The molecule has 0 radical (unpaired) electrons. The molecule has 7 rings (SSSR count). The number of amides is 1. The molecule has 0 atom stereocenters. The van der Waals surface area contributed by atoms with Gasteiger partial charge in [-0.25, -0.2) is 15.0 Å². The summed E-state index contributed by atoms with van der Waals surface area (Å²) in [6.07, 6.45) is 5.09. The Balaban J connectivity index is 1.25. The topological polar surface area (TPSA) is 125 Å². The van der Waals surface area contributed by atoms with E-state index in [0.29, 0.717) is 39.6 Å². The highest BCUT2D eigenvalue weighted by Gasteiger charge is 2.18. The molecule has 0 saturated heterocycles. The van der Waals surface area contributed by atoms with E-state index in [-0.39, 0.29) is 5.91 Å². The van der Waals surface area contributed by atoms with Crippen LogP contribution in [-0.2, 0) is 0 Å². The van der Waals surface area contributed by atoms with Crippen LogP contribution < -0.4 is 5.32 Å². The number of imidazole rings is 1. The monoisotopic (exact) mass is 514 g/mol. The van der Waals surface area contributed by atoms with Crippen molar-refractivity contribution in [1.29, 1.82) is 0 Å². The SMILES string of the molecule is O=C(Nc1cncc(-c2ccc3[nH]nc(-c4nc5c(-c6ccsc6)ccnc5[nH]4)c3n2)c1)c1ccccc1. The Bertz CT molecular complexity index is 1930. The molecule has 10 heteroatoms.